The van der Waals surface area contributed by atoms with Crippen LogP contribution in [-0.4, -0.2) is 73.7 Å². The summed E-state index contributed by atoms with van der Waals surface area (Å²) in [6.45, 7) is 0.227. The van der Waals surface area contributed by atoms with Crippen LogP contribution in [0.25, 0.3) is 11.2 Å². The smallest absolute Gasteiger partial charge is 0.373 e. The number of nitrogens with one attached hydrogen (secondary N) is 1. The zero-order valence-corrected chi connectivity index (χ0v) is 20.6. The van der Waals surface area contributed by atoms with Crippen LogP contribution in [0.15, 0.2) is 35.4 Å². The van der Waals surface area contributed by atoms with Crippen LogP contribution in [0.1, 0.15) is 18.1 Å². The minimum Gasteiger partial charge on any atom is -0.373 e. The highest BCUT2D eigenvalue weighted by molar-refractivity contribution is 7.46. The van der Waals surface area contributed by atoms with Crippen LogP contribution < -0.4 is 16.2 Å². The van der Waals surface area contributed by atoms with Crippen molar-refractivity contribution in [1.82, 2.24) is 19.5 Å². The minimum absolute atomic E-state index is 0.0476. The molecule has 194 valence electrons. The first kappa shape index (κ1) is 25.1. The van der Waals surface area contributed by atoms with Crippen molar-refractivity contribution in [1.29, 1.82) is 0 Å². The van der Waals surface area contributed by atoms with E-state index in [0.29, 0.717) is 12.4 Å². The first-order valence-corrected chi connectivity index (χ1v) is 13.0. The van der Waals surface area contributed by atoms with Crippen LogP contribution in [0.4, 0.5) is 11.6 Å². The lowest BCUT2D eigenvalue weighted by molar-refractivity contribution is -0.152. The van der Waals surface area contributed by atoms with Gasteiger partial charge in [0.1, 0.15) is 18.3 Å². The van der Waals surface area contributed by atoms with E-state index in [1.54, 1.807) is 0 Å². The van der Waals surface area contributed by atoms with E-state index in [0.717, 1.165) is 11.3 Å². The monoisotopic (exact) mass is 542 g/mol. The molecule has 0 bridgehead atoms. The highest BCUT2D eigenvalue weighted by atomic mass is 35.5. The van der Waals surface area contributed by atoms with Gasteiger partial charge in [0.2, 0.25) is 5.95 Å². The molecule has 36 heavy (non-hydrogen) atoms. The Bertz CT molecular complexity index is 1350. The van der Waals surface area contributed by atoms with E-state index in [2.05, 4.69) is 15.0 Å². The molecule has 0 saturated carbocycles. The molecular weight excluding hydrogens is 519 g/mol. The van der Waals surface area contributed by atoms with E-state index in [9.17, 15) is 19.1 Å². The Balaban J connectivity index is 1.44. The standard InChI is InChI=1S/C20H24ClN6O8P/c1-26(7-6-21)11-4-2-10(3-5-11)19-34-14-12(8-32-36(29,30)31)33-18(15(14)35-19)27-9-23-13-16(27)24-20(22)25-17(13)28/h2-5,9,12,14-15,18-19H,6-8H2,1H3,(H2,29,30,31)(H3,22,24,25,28). The average Bonchev–Trinajstić information content (AvgIpc) is 3.51. The molecule has 4 heterocycles. The van der Waals surface area contributed by atoms with Crippen molar-refractivity contribution in [3.63, 3.8) is 0 Å². The van der Waals surface area contributed by atoms with Crippen molar-refractivity contribution in [2.75, 3.05) is 36.7 Å². The van der Waals surface area contributed by atoms with Crippen molar-refractivity contribution >= 4 is 42.2 Å². The summed E-state index contributed by atoms with van der Waals surface area (Å²) in [5.41, 5.74) is 7.09. The van der Waals surface area contributed by atoms with E-state index < -0.39 is 50.8 Å². The molecular formula is C20H24ClN6O8P. The summed E-state index contributed by atoms with van der Waals surface area (Å²) in [7, 11) is -2.83. The Morgan fingerprint density at radius 1 is 1.25 bits per heavy atom. The summed E-state index contributed by atoms with van der Waals surface area (Å²) in [5, 5.41) is 0. The zero-order chi connectivity index (χ0) is 25.6. The molecule has 2 aliphatic rings. The highest BCUT2D eigenvalue weighted by Crippen LogP contribution is 2.46. The molecule has 16 heteroatoms. The second-order valence-electron chi connectivity index (χ2n) is 8.36. The third-order valence-electron chi connectivity index (χ3n) is 6.00. The van der Waals surface area contributed by atoms with E-state index in [1.165, 1.54) is 10.9 Å². The molecule has 5 unspecified atom stereocenters. The molecule has 5 N–H and O–H groups in total. The molecule has 0 amide bonds. The first-order valence-electron chi connectivity index (χ1n) is 10.9. The number of anilines is 2. The lowest BCUT2D eigenvalue weighted by atomic mass is 10.1. The lowest BCUT2D eigenvalue weighted by Gasteiger charge is -2.22. The van der Waals surface area contributed by atoms with Gasteiger partial charge in [0.15, 0.2) is 23.7 Å². The van der Waals surface area contributed by atoms with Gasteiger partial charge in [0.05, 0.1) is 12.9 Å². The largest absolute Gasteiger partial charge is 0.469 e. The third-order valence-corrected chi connectivity index (χ3v) is 6.66. The third kappa shape index (κ3) is 4.86. The summed E-state index contributed by atoms with van der Waals surface area (Å²) in [5.74, 6) is 0.386. The first-order chi connectivity index (χ1) is 17.1. The van der Waals surface area contributed by atoms with Crippen molar-refractivity contribution in [2.45, 2.75) is 30.8 Å². The van der Waals surface area contributed by atoms with Gasteiger partial charge in [-0.3, -0.25) is 18.9 Å². The summed E-state index contributed by atoms with van der Waals surface area (Å²) in [6.07, 6.45) is -2.70. The fourth-order valence-corrected chi connectivity index (χ4v) is 4.89. The quantitative estimate of drug-likeness (QED) is 0.232. The maximum atomic E-state index is 12.2. The molecule has 2 fully saturated rings. The molecule has 2 aromatic heterocycles. The minimum atomic E-state index is -4.76. The number of imidazole rings is 1. The average molecular weight is 543 g/mol. The number of ether oxygens (including phenoxy) is 3. The second kappa shape index (κ2) is 9.72. The van der Waals surface area contributed by atoms with Crippen LogP contribution in [0, 0.1) is 0 Å². The van der Waals surface area contributed by atoms with E-state index in [4.69, 9.17) is 36.1 Å². The number of rotatable bonds is 8. The Hall–Kier alpha value is -2.55. The van der Waals surface area contributed by atoms with Crippen molar-refractivity contribution in [2.24, 2.45) is 0 Å². The topological polar surface area (TPSA) is 187 Å². The summed E-state index contributed by atoms with van der Waals surface area (Å²) in [6, 6.07) is 7.54. The Morgan fingerprint density at radius 3 is 2.67 bits per heavy atom. The Morgan fingerprint density at radius 2 is 1.97 bits per heavy atom. The van der Waals surface area contributed by atoms with Gasteiger partial charge in [-0.25, -0.2) is 9.55 Å². The van der Waals surface area contributed by atoms with Crippen LogP contribution >= 0.6 is 19.4 Å². The Kier molecular flexibility index (Phi) is 6.78. The van der Waals surface area contributed by atoms with Crippen LogP contribution in [0.3, 0.4) is 0 Å². The number of H-pyrrole nitrogens is 1. The number of alkyl halides is 1. The predicted molar refractivity (Wildman–Crippen MR) is 127 cm³/mol. The highest BCUT2D eigenvalue weighted by Gasteiger charge is 2.54. The predicted octanol–water partition coefficient (Wildman–Crippen LogP) is 0.866. The van der Waals surface area contributed by atoms with Gasteiger partial charge in [-0.15, -0.1) is 11.6 Å². The number of aromatic nitrogens is 4. The van der Waals surface area contributed by atoms with Gasteiger partial charge in [-0.1, -0.05) is 12.1 Å². The number of nitrogen functional groups attached to an aromatic ring is 1. The van der Waals surface area contributed by atoms with Crippen LogP contribution in [0.2, 0.25) is 0 Å². The van der Waals surface area contributed by atoms with Gasteiger partial charge < -0.3 is 34.6 Å². The van der Waals surface area contributed by atoms with Crippen molar-refractivity contribution in [3.05, 3.63) is 46.5 Å². The number of hydrogen-bond donors (Lipinski definition) is 4. The second-order valence-corrected chi connectivity index (χ2v) is 9.98. The summed E-state index contributed by atoms with van der Waals surface area (Å²) >= 11 is 5.82. The fraction of sp³-hybridized carbons (Fsp3) is 0.450. The number of halogens is 1. The Labute approximate surface area is 209 Å². The SMILES string of the molecule is CN(CCCl)c1ccc(C2OC3C(COP(=O)(O)O)OC(n4cnc5c(=O)[nH]c(N)nc54)C3O2)cc1. The van der Waals surface area contributed by atoms with Gasteiger partial charge in [-0.2, -0.15) is 4.98 Å². The van der Waals surface area contributed by atoms with Gasteiger partial charge in [-0.05, 0) is 12.1 Å². The number of phosphoric ester groups is 1. The number of benzene rings is 1. The van der Waals surface area contributed by atoms with E-state index >= 15 is 0 Å². The lowest BCUT2D eigenvalue weighted by Crippen LogP contribution is -2.31. The number of hydrogen-bond acceptors (Lipinski definition) is 10. The summed E-state index contributed by atoms with van der Waals surface area (Å²) in [4.78, 5) is 43.2. The van der Waals surface area contributed by atoms with Gasteiger partial charge >= 0.3 is 7.82 Å². The maximum absolute atomic E-state index is 12.2. The molecule has 5 rings (SSSR count). The van der Waals surface area contributed by atoms with Gasteiger partial charge in [0, 0.05) is 30.7 Å². The molecule has 0 spiro atoms. The molecule has 0 radical (unpaired) electrons. The normalized spacial score (nSPS) is 25.9. The van der Waals surface area contributed by atoms with E-state index in [1.807, 2.05) is 36.2 Å². The number of fused-ring (bicyclic) bond motifs is 2. The number of nitrogens with two attached hydrogens (primary N) is 1. The molecule has 2 aliphatic heterocycles. The molecule has 0 aliphatic carbocycles. The van der Waals surface area contributed by atoms with Crippen molar-refractivity contribution < 1.29 is 33.1 Å². The summed E-state index contributed by atoms with van der Waals surface area (Å²) < 4.78 is 35.8. The molecule has 3 aromatic rings. The fourth-order valence-electron chi connectivity index (χ4n) is 4.29. The molecule has 1 aromatic carbocycles. The molecule has 14 nitrogen and oxygen atoms in total. The number of nitrogens with zero attached hydrogens (tertiary/aromatic N) is 4. The maximum Gasteiger partial charge on any atom is 0.469 e. The van der Waals surface area contributed by atoms with Gasteiger partial charge in [0.25, 0.3) is 5.56 Å². The zero-order valence-electron chi connectivity index (χ0n) is 18.9. The van der Waals surface area contributed by atoms with Crippen LogP contribution in [0.5, 0.6) is 0 Å². The number of aromatic amines is 1. The van der Waals surface area contributed by atoms with Crippen molar-refractivity contribution in [3.8, 4) is 0 Å². The van der Waals surface area contributed by atoms with E-state index in [-0.39, 0.29) is 17.1 Å². The molecule has 2 saturated heterocycles. The molecule has 5 atom stereocenters. The number of phosphoric acid groups is 1. The van der Waals surface area contributed by atoms with Crippen LogP contribution in [-0.2, 0) is 23.3 Å².